The number of nitrogens with two attached hydrogens (primary N) is 1. The molecule has 0 aromatic heterocycles. The Bertz CT molecular complexity index is 791. The maximum atomic E-state index is 13.2. The Morgan fingerprint density at radius 2 is 1.83 bits per heavy atom. The molecule has 1 aliphatic carbocycles. The number of hydrogen-bond donors (Lipinski definition) is 2. The van der Waals surface area contributed by atoms with E-state index in [4.69, 9.17) is 5.73 Å². The van der Waals surface area contributed by atoms with Crippen LogP contribution < -0.4 is 11.1 Å². The molecule has 1 unspecified atom stereocenters. The Kier molecular flexibility index (Phi) is 8.31. The van der Waals surface area contributed by atoms with E-state index in [0.717, 1.165) is 6.08 Å². The van der Waals surface area contributed by atoms with E-state index in [0.29, 0.717) is 19.4 Å². The molecule has 0 aromatic carbocycles. The summed E-state index contributed by atoms with van der Waals surface area (Å²) >= 11 is 0. The van der Waals surface area contributed by atoms with Crippen LogP contribution in [0, 0.1) is 5.41 Å². The van der Waals surface area contributed by atoms with E-state index in [2.05, 4.69) is 5.32 Å². The molecule has 2 amide bonds. The largest absolute Gasteiger partial charge is 0.516 e. The molecule has 0 fully saturated rings. The highest BCUT2D eigenvalue weighted by Crippen LogP contribution is 2.41. The minimum atomic E-state index is -5.72. The fourth-order valence-corrected chi connectivity index (χ4v) is 4.30. The summed E-state index contributed by atoms with van der Waals surface area (Å²) in [7, 11) is -5.72. The standard InChI is InChI=1S/C18H28F3N3O4S/c1-4-7-17(16(26)23-8-5-2)11-13(15(22)25)10-14(12-17)24(9-6-3)29(27,28)18(19,20)21/h10,12H,4-9,11H2,1-3H3,(H2,22,25)(H,23,26). The van der Waals surface area contributed by atoms with E-state index in [1.54, 1.807) is 6.92 Å². The van der Waals surface area contributed by atoms with Gasteiger partial charge in [0.05, 0.1) is 5.41 Å². The van der Waals surface area contributed by atoms with Crippen LogP contribution in [0.5, 0.6) is 0 Å². The van der Waals surface area contributed by atoms with Gasteiger partial charge in [-0.2, -0.15) is 21.6 Å². The van der Waals surface area contributed by atoms with Gasteiger partial charge in [-0.3, -0.25) is 13.9 Å². The number of hydrogen-bond acceptors (Lipinski definition) is 4. The molecule has 0 saturated carbocycles. The van der Waals surface area contributed by atoms with E-state index in [1.165, 1.54) is 13.0 Å². The van der Waals surface area contributed by atoms with Crippen molar-refractivity contribution < 1.29 is 31.2 Å². The normalized spacial score (nSPS) is 19.9. The summed E-state index contributed by atoms with van der Waals surface area (Å²) in [6.07, 6.45) is 3.57. The van der Waals surface area contributed by atoms with E-state index in [9.17, 15) is 31.2 Å². The lowest BCUT2D eigenvalue weighted by molar-refractivity contribution is -0.129. The van der Waals surface area contributed by atoms with E-state index in [-0.39, 0.29) is 34.8 Å². The van der Waals surface area contributed by atoms with Crippen LogP contribution in [0.3, 0.4) is 0 Å². The monoisotopic (exact) mass is 439 g/mol. The lowest BCUT2D eigenvalue weighted by Crippen LogP contribution is -2.46. The smallest absolute Gasteiger partial charge is 0.366 e. The maximum Gasteiger partial charge on any atom is 0.516 e. The summed E-state index contributed by atoms with van der Waals surface area (Å²) in [5.41, 5.74) is -2.01. The molecule has 7 nitrogen and oxygen atoms in total. The summed E-state index contributed by atoms with van der Waals surface area (Å²) in [5, 5.41) is 2.69. The average molecular weight is 440 g/mol. The number of rotatable bonds is 10. The topological polar surface area (TPSA) is 110 Å². The van der Waals surface area contributed by atoms with Crippen molar-refractivity contribution in [1.29, 1.82) is 0 Å². The molecule has 1 aliphatic rings. The number of nitrogens with one attached hydrogen (secondary N) is 1. The maximum absolute atomic E-state index is 13.2. The van der Waals surface area contributed by atoms with Gasteiger partial charge >= 0.3 is 15.5 Å². The van der Waals surface area contributed by atoms with Crippen LogP contribution >= 0.6 is 0 Å². The van der Waals surface area contributed by atoms with Gasteiger partial charge in [0.25, 0.3) is 0 Å². The summed E-state index contributed by atoms with van der Waals surface area (Å²) < 4.78 is 64.2. The Morgan fingerprint density at radius 1 is 1.21 bits per heavy atom. The molecule has 1 rings (SSSR count). The molecule has 11 heteroatoms. The summed E-state index contributed by atoms with van der Waals surface area (Å²) in [5.74, 6) is -1.40. The van der Waals surface area contributed by atoms with Crippen molar-refractivity contribution in [2.75, 3.05) is 13.1 Å². The molecule has 29 heavy (non-hydrogen) atoms. The molecule has 3 N–H and O–H groups in total. The van der Waals surface area contributed by atoms with Crippen LogP contribution in [-0.2, 0) is 19.6 Å². The zero-order chi connectivity index (χ0) is 22.5. The molecule has 166 valence electrons. The van der Waals surface area contributed by atoms with Crippen molar-refractivity contribution in [1.82, 2.24) is 9.62 Å². The average Bonchev–Trinajstić information content (AvgIpc) is 2.62. The molecule has 0 heterocycles. The van der Waals surface area contributed by atoms with Crippen molar-refractivity contribution in [3.63, 3.8) is 0 Å². The van der Waals surface area contributed by atoms with Crippen LogP contribution in [0.4, 0.5) is 13.2 Å². The molecular weight excluding hydrogens is 411 g/mol. The Hall–Kier alpha value is -2.04. The summed E-state index contributed by atoms with van der Waals surface area (Å²) in [4.78, 5) is 24.7. The van der Waals surface area contributed by atoms with Gasteiger partial charge in [0.1, 0.15) is 0 Å². The molecule has 0 aliphatic heterocycles. The van der Waals surface area contributed by atoms with Gasteiger partial charge in [-0.25, -0.2) is 0 Å². The lowest BCUT2D eigenvalue weighted by Gasteiger charge is -2.36. The Morgan fingerprint density at radius 3 is 2.28 bits per heavy atom. The van der Waals surface area contributed by atoms with Gasteiger partial charge in [0.15, 0.2) is 0 Å². The van der Waals surface area contributed by atoms with Gasteiger partial charge < -0.3 is 11.1 Å². The number of sulfonamides is 1. The molecular formula is C18H28F3N3O4S. The number of carbonyl (C=O) groups is 2. The molecule has 0 spiro atoms. The predicted molar refractivity (Wildman–Crippen MR) is 103 cm³/mol. The quantitative estimate of drug-likeness (QED) is 0.545. The van der Waals surface area contributed by atoms with Gasteiger partial charge in [0, 0.05) is 24.4 Å². The highest BCUT2D eigenvalue weighted by Gasteiger charge is 2.51. The minimum Gasteiger partial charge on any atom is -0.366 e. The molecule has 1 atom stereocenters. The second-order valence-corrected chi connectivity index (χ2v) is 8.82. The number of amides is 2. The first kappa shape index (κ1) is 25.0. The van der Waals surface area contributed by atoms with Crippen molar-refractivity contribution in [3.8, 4) is 0 Å². The zero-order valence-electron chi connectivity index (χ0n) is 16.8. The highest BCUT2D eigenvalue weighted by atomic mass is 32.2. The second-order valence-electron chi connectivity index (χ2n) is 6.96. The fourth-order valence-electron chi connectivity index (χ4n) is 3.24. The number of alkyl halides is 3. The first-order chi connectivity index (χ1) is 13.4. The predicted octanol–water partition coefficient (Wildman–Crippen LogP) is 2.56. The van der Waals surface area contributed by atoms with Crippen LogP contribution in [0.2, 0.25) is 0 Å². The summed E-state index contributed by atoms with van der Waals surface area (Å²) in [6, 6.07) is 0. The van der Waals surface area contributed by atoms with Gasteiger partial charge in [-0.15, -0.1) is 0 Å². The number of allylic oxidation sites excluding steroid dienone is 1. The van der Waals surface area contributed by atoms with Crippen molar-refractivity contribution >= 4 is 21.8 Å². The van der Waals surface area contributed by atoms with E-state index < -0.39 is 39.3 Å². The highest BCUT2D eigenvalue weighted by molar-refractivity contribution is 7.90. The Balaban J connectivity index is 3.66. The van der Waals surface area contributed by atoms with Gasteiger partial charge in [0.2, 0.25) is 11.8 Å². The van der Waals surface area contributed by atoms with Crippen LogP contribution in [0.1, 0.15) is 52.9 Å². The number of nitrogens with zero attached hydrogens (tertiary/aromatic N) is 1. The van der Waals surface area contributed by atoms with Crippen molar-refractivity contribution in [2.24, 2.45) is 11.1 Å². The second kappa shape index (κ2) is 9.64. The summed E-state index contributed by atoms with van der Waals surface area (Å²) in [6.45, 7) is 5.01. The Labute approximate surface area is 169 Å². The number of halogens is 3. The SMILES string of the molecule is CCCNC(=O)C1(CCC)C=C(N(CCC)S(=O)(=O)C(F)(F)F)C=C(C(N)=O)C1. The minimum absolute atomic E-state index is 0.0925. The third-order valence-corrected chi connectivity index (χ3v) is 6.11. The first-order valence-electron chi connectivity index (χ1n) is 9.46. The van der Waals surface area contributed by atoms with Crippen LogP contribution in [0.15, 0.2) is 23.4 Å². The molecule has 0 bridgehead atoms. The fraction of sp³-hybridized carbons (Fsp3) is 0.667. The van der Waals surface area contributed by atoms with Crippen molar-refractivity contribution in [3.05, 3.63) is 23.4 Å². The van der Waals surface area contributed by atoms with Crippen LogP contribution in [-0.4, -0.2) is 43.1 Å². The number of primary amides is 1. The first-order valence-corrected chi connectivity index (χ1v) is 10.9. The van der Waals surface area contributed by atoms with Crippen LogP contribution in [0.25, 0.3) is 0 Å². The van der Waals surface area contributed by atoms with E-state index >= 15 is 0 Å². The number of carbonyl (C=O) groups excluding carboxylic acids is 2. The molecule has 0 saturated heterocycles. The molecule has 0 aromatic rings. The van der Waals surface area contributed by atoms with E-state index in [1.807, 2.05) is 6.92 Å². The lowest BCUT2D eigenvalue weighted by atomic mass is 9.73. The third kappa shape index (κ3) is 5.52. The van der Waals surface area contributed by atoms with Gasteiger partial charge in [-0.05, 0) is 37.8 Å². The molecule has 0 radical (unpaired) electrons. The van der Waals surface area contributed by atoms with Crippen molar-refractivity contribution in [2.45, 2.75) is 58.4 Å². The van der Waals surface area contributed by atoms with Gasteiger partial charge in [-0.1, -0.05) is 27.2 Å². The zero-order valence-corrected chi connectivity index (χ0v) is 17.6. The third-order valence-electron chi connectivity index (χ3n) is 4.55.